The Balaban J connectivity index is 3.02. The van der Waals surface area contributed by atoms with E-state index in [-0.39, 0.29) is 11.8 Å². The zero-order chi connectivity index (χ0) is 15.3. The minimum atomic E-state index is -0.635. The van der Waals surface area contributed by atoms with Crippen molar-refractivity contribution in [3.63, 3.8) is 0 Å². The summed E-state index contributed by atoms with van der Waals surface area (Å²) in [6.45, 7) is 5.72. The van der Waals surface area contributed by atoms with Gasteiger partial charge in [-0.15, -0.1) is 0 Å². The van der Waals surface area contributed by atoms with Gasteiger partial charge in [0.05, 0.1) is 0 Å². The van der Waals surface area contributed by atoms with Crippen molar-refractivity contribution >= 4 is 11.8 Å². The summed E-state index contributed by atoms with van der Waals surface area (Å²) in [5.41, 5.74) is 0.311. The number of benzene rings is 1. The summed E-state index contributed by atoms with van der Waals surface area (Å²) < 4.78 is 0. The molecule has 1 atom stereocenters. The van der Waals surface area contributed by atoms with Crippen LogP contribution in [0.25, 0.3) is 0 Å². The molecule has 0 aliphatic carbocycles. The molecule has 0 saturated carbocycles. The molecule has 0 bridgehead atoms. The average molecular weight is 276 g/mol. The van der Waals surface area contributed by atoms with E-state index in [9.17, 15) is 9.59 Å². The molecule has 4 heteroatoms. The summed E-state index contributed by atoms with van der Waals surface area (Å²) in [5.74, 6) is -0.236. The van der Waals surface area contributed by atoms with Gasteiger partial charge >= 0.3 is 0 Å². The highest BCUT2D eigenvalue weighted by atomic mass is 16.2. The summed E-state index contributed by atoms with van der Waals surface area (Å²) in [5, 5.41) is 2.88. The van der Waals surface area contributed by atoms with Crippen LogP contribution in [0, 0.1) is 5.41 Å². The minimum Gasteiger partial charge on any atom is -0.347 e. The third-order valence-corrected chi connectivity index (χ3v) is 3.59. The molecule has 0 aliphatic rings. The van der Waals surface area contributed by atoms with E-state index in [1.54, 1.807) is 14.1 Å². The number of nitrogens with one attached hydrogen (secondary N) is 1. The van der Waals surface area contributed by atoms with Crippen LogP contribution in [0.5, 0.6) is 0 Å². The summed E-state index contributed by atoms with van der Waals surface area (Å²) in [7, 11) is 3.38. The van der Waals surface area contributed by atoms with Gasteiger partial charge in [0.1, 0.15) is 6.04 Å². The van der Waals surface area contributed by atoms with Crippen molar-refractivity contribution in [2.45, 2.75) is 33.2 Å². The number of rotatable bonds is 5. The molecule has 1 aromatic carbocycles. The van der Waals surface area contributed by atoms with Crippen LogP contribution < -0.4 is 5.32 Å². The maximum atomic E-state index is 12.3. The molecule has 0 saturated heterocycles. The molecule has 0 radical (unpaired) electrons. The van der Waals surface area contributed by atoms with E-state index in [1.807, 2.05) is 51.1 Å². The Labute approximate surface area is 121 Å². The van der Waals surface area contributed by atoms with Crippen LogP contribution in [0.2, 0.25) is 0 Å². The van der Waals surface area contributed by atoms with Gasteiger partial charge in [-0.25, -0.2) is 0 Å². The SMILES string of the molecule is CCC(C)(C)C(=O)NC(C(=O)N(C)C)c1ccccc1. The van der Waals surface area contributed by atoms with Gasteiger partial charge in [-0.1, -0.05) is 51.1 Å². The Kier molecular flexibility index (Phi) is 5.31. The number of carbonyl (C=O) groups is 2. The van der Waals surface area contributed by atoms with Crippen molar-refractivity contribution in [2.24, 2.45) is 5.41 Å². The largest absolute Gasteiger partial charge is 0.347 e. The molecule has 20 heavy (non-hydrogen) atoms. The van der Waals surface area contributed by atoms with Gasteiger partial charge in [-0.2, -0.15) is 0 Å². The lowest BCUT2D eigenvalue weighted by Crippen LogP contribution is -2.44. The van der Waals surface area contributed by atoms with E-state index >= 15 is 0 Å². The van der Waals surface area contributed by atoms with Crippen LogP contribution in [0.3, 0.4) is 0 Å². The standard InChI is InChI=1S/C16H24N2O2/c1-6-16(2,3)15(20)17-13(14(19)18(4)5)12-10-8-7-9-11-12/h7-11,13H,6H2,1-5H3,(H,17,20). The Morgan fingerprint density at radius 2 is 1.75 bits per heavy atom. The molecular formula is C16H24N2O2. The minimum absolute atomic E-state index is 0.107. The van der Waals surface area contributed by atoms with Crippen molar-refractivity contribution in [3.8, 4) is 0 Å². The molecule has 0 spiro atoms. The molecule has 110 valence electrons. The highest BCUT2D eigenvalue weighted by molar-refractivity contribution is 5.90. The molecule has 2 amide bonds. The van der Waals surface area contributed by atoms with Gasteiger partial charge in [0.25, 0.3) is 0 Å². The first-order valence-corrected chi connectivity index (χ1v) is 6.86. The van der Waals surface area contributed by atoms with E-state index in [2.05, 4.69) is 5.32 Å². The molecule has 1 aromatic rings. The van der Waals surface area contributed by atoms with Crippen molar-refractivity contribution < 1.29 is 9.59 Å². The number of nitrogens with zero attached hydrogens (tertiary/aromatic N) is 1. The van der Waals surface area contributed by atoms with Crippen molar-refractivity contribution in [3.05, 3.63) is 35.9 Å². The van der Waals surface area contributed by atoms with Gasteiger partial charge in [-0.3, -0.25) is 9.59 Å². The fraction of sp³-hybridized carbons (Fsp3) is 0.500. The quantitative estimate of drug-likeness (QED) is 0.897. The predicted molar refractivity (Wildman–Crippen MR) is 80.1 cm³/mol. The third-order valence-electron chi connectivity index (χ3n) is 3.59. The molecule has 0 fully saturated rings. The van der Waals surface area contributed by atoms with Crippen LogP contribution in [0.4, 0.5) is 0 Å². The second-order valence-electron chi connectivity index (χ2n) is 5.79. The van der Waals surface area contributed by atoms with Crippen LogP contribution in [0.1, 0.15) is 38.8 Å². The predicted octanol–water partition coefficient (Wildman–Crippen LogP) is 2.37. The molecule has 0 aromatic heterocycles. The number of carbonyl (C=O) groups excluding carboxylic acids is 2. The highest BCUT2D eigenvalue weighted by Gasteiger charge is 2.31. The first-order valence-electron chi connectivity index (χ1n) is 6.86. The lowest BCUT2D eigenvalue weighted by Gasteiger charge is -2.27. The fourth-order valence-corrected chi connectivity index (χ4v) is 1.68. The Morgan fingerprint density at radius 1 is 1.20 bits per heavy atom. The third kappa shape index (κ3) is 3.83. The monoisotopic (exact) mass is 276 g/mol. The average Bonchev–Trinajstić information content (AvgIpc) is 2.44. The Morgan fingerprint density at radius 3 is 2.20 bits per heavy atom. The molecule has 1 unspecified atom stereocenters. The molecule has 1 N–H and O–H groups in total. The molecule has 0 heterocycles. The van der Waals surface area contributed by atoms with E-state index in [0.717, 1.165) is 12.0 Å². The van der Waals surface area contributed by atoms with Crippen LogP contribution in [-0.4, -0.2) is 30.8 Å². The summed E-state index contributed by atoms with van der Waals surface area (Å²) in [4.78, 5) is 26.1. The second kappa shape index (κ2) is 6.55. The maximum Gasteiger partial charge on any atom is 0.249 e. The smallest absolute Gasteiger partial charge is 0.249 e. The van der Waals surface area contributed by atoms with E-state index in [1.165, 1.54) is 4.90 Å². The van der Waals surface area contributed by atoms with Gasteiger partial charge in [0.2, 0.25) is 11.8 Å². The molecule has 4 nitrogen and oxygen atoms in total. The van der Waals surface area contributed by atoms with Gasteiger partial charge in [0.15, 0.2) is 0 Å². The van der Waals surface area contributed by atoms with Crippen LogP contribution in [-0.2, 0) is 9.59 Å². The highest BCUT2D eigenvalue weighted by Crippen LogP contribution is 2.23. The zero-order valence-corrected chi connectivity index (χ0v) is 12.9. The van der Waals surface area contributed by atoms with Gasteiger partial charge < -0.3 is 10.2 Å². The number of likely N-dealkylation sites (N-methyl/N-ethyl adjacent to an activating group) is 1. The molecule has 0 aliphatic heterocycles. The lowest BCUT2D eigenvalue weighted by molar-refractivity contribution is -0.137. The van der Waals surface area contributed by atoms with Crippen molar-refractivity contribution in [1.82, 2.24) is 10.2 Å². The van der Waals surface area contributed by atoms with E-state index in [4.69, 9.17) is 0 Å². The zero-order valence-electron chi connectivity index (χ0n) is 12.9. The maximum absolute atomic E-state index is 12.3. The van der Waals surface area contributed by atoms with E-state index < -0.39 is 11.5 Å². The second-order valence-corrected chi connectivity index (χ2v) is 5.79. The van der Waals surface area contributed by atoms with Gasteiger partial charge in [-0.05, 0) is 12.0 Å². The van der Waals surface area contributed by atoms with Crippen molar-refractivity contribution in [2.75, 3.05) is 14.1 Å². The first kappa shape index (κ1) is 16.2. The van der Waals surface area contributed by atoms with Crippen LogP contribution in [0.15, 0.2) is 30.3 Å². The normalized spacial score (nSPS) is 12.7. The molecular weight excluding hydrogens is 252 g/mol. The summed E-state index contributed by atoms with van der Waals surface area (Å²) >= 11 is 0. The molecule has 1 rings (SSSR count). The van der Waals surface area contributed by atoms with E-state index in [0.29, 0.717) is 0 Å². The fourth-order valence-electron chi connectivity index (χ4n) is 1.68. The Bertz CT molecular complexity index is 467. The number of hydrogen-bond acceptors (Lipinski definition) is 2. The first-order chi connectivity index (χ1) is 9.29. The Hall–Kier alpha value is -1.84. The van der Waals surface area contributed by atoms with Crippen molar-refractivity contribution in [1.29, 1.82) is 0 Å². The lowest BCUT2D eigenvalue weighted by atomic mass is 9.88. The number of hydrogen-bond donors (Lipinski definition) is 1. The van der Waals surface area contributed by atoms with Gasteiger partial charge in [0, 0.05) is 19.5 Å². The topological polar surface area (TPSA) is 49.4 Å². The summed E-state index contributed by atoms with van der Waals surface area (Å²) in [6, 6.07) is 8.68. The summed E-state index contributed by atoms with van der Waals surface area (Å²) in [6.07, 6.45) is 0.719. The van der Waals surface area contributed by atoms with Crippen LogP contribution >= 0.6 is 0 Å². The number of amides is 2.